The molecule has 1 aliphatic heterocycles. The van der Waals surface area contributed by atoms with E-state index in [0.717, 1.165) is 5.56 Å². The maximum absolute atomic E-state index is 13.4. The van der Waals surface area contributed by atoms with E-state index in [1.807, 2.05) is 12.1 Å². The Morgan fingerprint density at radius 3 is 2.36 bits per heavy atom. The zero-order valence-electron chi connectivity index (χ0n) is 24.2. The van der Waals surface area contributed by atoms with Crippen molar-refractivity contribution in [2.45, 2.75) is 57.1 Å². The molecule has 1 heterocycles. The summed E-state index contributed by atoms with van der Waals surface area (Å²) in [5, 5.41) is 15.3. The number of rotatable bonds is 15. The molecule has 3 rings (SSSR count). The molecular weight excluding hydrogens is 570 g/mol. The fourth-order valence-electron chi connectivity index (χ4n) is 3.86. The number of ether oxygens (including phenoxy) is 4. The monoisotopic (exact) mass is 609 g/mol. The van der Waals surface area contributed by atoms with Gasteiger partial charge in [-0.15, -0.1) is 0 Å². The van der Waals surface area contributed by atoms with Crippen LogP contribution in [-0.4, -0.2) is 75.9 Å². The summed E-state index contributed by atoms with van der Waals surface area (Å²) in [4.78, 5) is 29.1. The van der Waals surface area contributed by atoms with E-state index in [0.29, 0.717) is 42.0 Å². The SMILES string of the molecule is CNC(=O)OCCCCOc1ccc(CC(NC(=O)ON(CC(C)C)S(=O)(=O)c2ccc3c(c2)OCO3)C(C)O)cc1. The number of aliphatic hydroxyl groups excluding tert-OH is 1. The molecule has 2 unspecified atom stereocenters. The van der Waals surface area contributed by atoms with Crippen molar-refractivity contribution in [3.8, 4) is 17.2 Å². The summed E-state index contributed by atoms with van der Waals surface area (Å²) >= 11 is 0. The van der Waals surface area contributed by atoms with Crippen molar-refractivity contribution in [1.82, 2.24) is 15.1 Å². The molecule has 2 aromatic carbocycles. The molecule has 1 aliphatic rings. The molecule has 232 valence electrons. The summed E-state index contributed by atoms with van der Waals surface area (Å²) in [6.07, 6.45) is -0.837. The van der Waals surface area contributed by atoms with E-state index in [2.05, 4.69) is 10.6 Å². The van der Waals surface area contributed by atoms with E-state index in [-0.39, 0.29) is 36.3 Å². The summed E-state index contributed by atoms with van der Waals surface area (Å²) in [5.74, 6) is 1.19. The first-order valence-electron chi connectivity index (χ1n) is 13.6. The second-order valence-electron chi connectivity index (χ2n) is 10.1. The molecule has 0 bridgehead atoms. The number of hydrogen-bond donors (Lipinski definition) is 3. The molecule has 0 saturated carbocycles. The lowest BCUT2D eigenvalue weighted by Crippen LogP contribution is -2.47. The van der Waals surface area contributed by atoms with Gasteiger partial charge in [-0.2, -0.15) is 0 Å². The van der Waals surface area contributed by atoms with Crippen molar-refractivity contribution in [3.05, 3.63) is 48.0 Å². The highest BCUT2D eigenvalue weighted by Crippen LogP contribution is 2.34. The first kappa shape index (κ1) is 32.8. The lowest BCUT2D eigenvalue weighted by molar-refractivity contribution is -0.0323. The number of carbonyl (C=O) groups is 2. The number of hydroxylamine groups is 1. The van der Waals surface area contributed by atoms with Crippen LogP contribution in [0.1, 0.15) is 39.2 Å². The van der Waals surface area contributed by atoms with Crippen molar-refractivity contribution in [2.75, 3.05) is 33.6 Å². The number of hydrogen-bond acceptors (Lipinski definition) is 10. The second kappa shape index (κ2) is 15.5. The highest BCUT2D eigenvalue weighted by Gasteiger charge is 2.32. The van der Waals surface area contributed by atoms with Crippen LogP contribution in [0.25, 0.3) is 0 Å². The zero-order valence-corrected chi connectivity index (χ0v) is 25.0. The molecule has 42 heavy (non-hydrogen) atoms. The number of fused-ring (bicyclic) bond motifs is 1. The number of nitrogens with zero attached hydrogens (tertiary/aromatic N) is 1. The van der Waals surface area contributed by atoms with Gasteiger partial charge in [-0.25, -0.2) is 18.0 Å². The molecule has 0 radical (unpaired) electrons. The smallest absolute Gasteiger partial charge is 0.427 e. The maximum Gasteiger partial charge on any atom is 0.427 e. The Balaban J connectivity index is 1.56. The van der Waals surface area contributed by atoms with Crippen molar-refractivity contribution in [1.29, 1.82) is 0 Å². The molecule has 0 aromatic heterocycles. The first-order valence-corrected chi connectivity index (χ1v) is 15.1. The molecule has 0 aliphatic carbocycles. The van der Waals surface area contributed by atoms with Crippen LogP contribution in [0.4, 0.5) is 9.59 Å². The quantitative estimate of drug-likeness (QED) is 0.202. The topological polar surface area (TPSA) is 162 Å². The molecule has 2 amide bonds. The first-order chi connectivity index (χ1) is 20.0. The van der Waals surface area contributed by atoms with E-state index in [1.165, 1.54) is 32.2 Å². The van der Waals surface area contributed by atoms with Gasteiger partial charge in [-0.3, -0.25) is 0 Å². The van der Waals surface area contributed by atoms with Crippen molar-refractivity contribution in [3.63, 3.8) is 0 Å². The van der Waals surface area contributed by atoms with Crippen LogP contribution in [-0.2, 0) is 26.0 Å². The molecule has 2 atom stereocenters. The number of nitrogens with one attached hydrogen (secondary N) is 2. The average molecular weight is 610 g/mol. The van der Waals surface area contributed by atoms with Gasteiger partial charge in [-0.1, -0.05) is 26.0 Å². The van der Waals surface area contributed by atoms with Gasteiger partial charge in [0, 0.05) is 13.1 Å². The van der Waals surface area contributed by atoms with Crippen molar-refractivity contribution >= 4 is 22.2 Å². The van der Waals surface area contributed by atoms with E-state index >= 15 is 0 Å². The highest BCUT2D eigenvalue weighted by molar-refractivity contribution is 7.89. The molecule has 0 fully saturated rings. The Bertz CT molecular complexity index is 1290. The van der Waals surface area contributed by atoms with Gasteiger partial charge in [0.1, 0.15) is 5.75 Å². The van der Waals surface area contributed by atoms with E-state index in [9.17, 15) is 23.1 Å². The number of carbonyl (C=O) groups excluding carboxylic acids is 2. The average Bonchev–Trinajstić information content (AvgIpc) is 3.42. The Morgan fingerprint density at radius 2 is 1.69 bits per heavy atom. The zero-order chi connectivity index (χ0) is 30.7. The number of amides is 2. The van der Waals surface area contributed by atoms with Crippen LogP contribution >= 0.6 is 0 Å². The number of sulfonamides is 1. The number of unbranched alkanes of at least 4 members (excludes halogenated alkanes) is 1. The third-order valence-electron chi connectivity index (χ3n) is 6.12. The molecule has 13 nitrogen and oxygen atoms in total. The van der Waals surface area contributed by atoms with Crippen LogP contribution in [0.2, 0.25) is 0 Å². The fraction of sp³-hybridized carbons (Fsp3) is 0.500. The van der Waals surface area contributed by atoms with Gasteiger partial charge >= 0.3 is 12.2 Å². The highest BCUT2D eigenvalue weighted by atomic mass is 32.2. The molecule has 0 saturated heterocycles. The van der Waals surface area contributed by atoms with Gasteiger partial charge in [0.25, 0.3) is 10.0 Å². The fourth-order valence-corrected chi connectivity index (χ4v) is 5.25. The molecule has 14 heteroatoms. The Labute approximate surface area is 246 Å². The minimum atomic E-state index is -4.24. The summed E-state index contributed by atoms with van der Waals surface area (Å²) < 4.78 is 48.5. The van der Waals surface area contributed by atoms with Crippen LogP contribution in [0.5, 0.6) is 17.2 Å². The van der Waals surface area contributed by atoms with Crippen molar-refractivity contribution in [2.24, 2.45) is 5.92 Å². The van der Waals surface area contributed by atoms with Crippen molar-refractivity contribution < 1.29 is 46.9 Å². The maximum atomic E-state index is 13.4. The third-order valence-corrected chi connectivity index (χ3v) is 7.73. The number of alkyl carbamates (subject to hydrolysis) is 1. The standard InChI is InChI=1S/C28H39N3O10S/c1-19(2)17-31(42(35,36)23-11-12-25-26(16-23)40-18-39-25)41-28(34)30-24(20(3)32)15-21-7-9-22(10-8-21)37-13-5-6-14-38-27(33)29-4/h7-12,16,19-20,24,32H,5-6,13-15,17-18H2,1-4H3,(H,29,33)(H,30,34). The number of aliphatic hydroxyl groups is 1. The van der Waals surface area contributed by atoms with Gasteiger partial charge < -0.3 is 39.5 Å². The summed E-state index contributed by atoms with van der Waals surface area (Å²) in [7, 11) is -2.74. The minimum Gasteiger partial charge on any atom is -0.494 e. The van der Waals surface area contributed by atoms with E-state index < -0.39 is 34.4 Å². The Kier molecular flexibility index (Phi) is 12.1. The van der Waals surface area contributed by atoms with Gasteiger partial charge in [0.05, 0.1) is 36.8 Å². The van der Waals surface area contributed by atoms with E-state index in [1.54, 1.807) is 26.0 Å². The van der Waals surface area contributed by atoms with Gasteiger partial charge in [0.15, 0.2) is 11.5 Å². The molecule has 3 N–H and O–H groups in total. The van der Waals surface area contributed by atoms with Gasteiger partial charge in [-0.05, 0) is 66.4 Å². The van der Waals surface area contributed by atoms with Crippen LogP contribution < -0.4 is 24.8 Å². The van der Waals surface area contributed by atoms with Gasteiger partial charge in [0.2, 0.25) is 6.79 Å². The molecular formula is C28H39N3O10S. The second-order valence-corrected chi connectivity index (χ2v) is 11.9. The third kappa shape index (κ3) is 9.67. The lowest BCUT2D eigenvalue weighted by atomic mass is 10.0. The minimum absolute atomic E-state index is 0.0126. The van der Waals surface area contributed by atoms with E-state index in [4.69, 9.17) is 23.8 Å². The lowest BCUT2D eigenvalue weighted by Gasteiger charge is -2.25. The summed E-state index contributed by atoms with van der Waals surface area (Å²) in [6.45, 7) is 5.74. The molecule has 0 spiro atoms. The normalized spacial score (nSPS) is 13.9. The predicted octanol–water partition coefficient (Wildman–Crippen LogP) is 3.21. The van der Waals surface area contributed by atoms with Crippen LogP contribution in [0, 0.1) is 5.92 Å². The largest absolute Gasteiger partial charge is 0.494 e. The number of benzene rings is 2. The summed E-state index contributed by atoms with van der Waals surface area (Å²) in [5.41, 5.74) is 0.805. The molecule has 2 aromatic rings. The van der Waals surface area contributed by atoms with Crippen LogP contribution in [0.3, 0.4) is 0 Å². The Hall–Kier alpha value is -3.75. The predicted molar refractivity (Wildman–Crippen MR) is 152 cm³/mol. The summed E-state index contributed by atoms with van der Waals surface area (Å²) in [6, 6.07) is 10.5. The Morgan fingerprint density at radius 1 is 1.00 bits per heavy atom. The van der Waals surface area contributed by atoms with Crippen LogP contribution in [0.15, 0.2) is 47.4 Å².